The number of alkyl halides is 1. The van der Waals surface area contributed by atoms with Crippen LogP contribution < -0.4 is 0 Å². The quantitative estimate of drug-likeness (QED) is 0.775. The summed E-state index contributed by atoms with van der Waals surface area (Å²) >= 11 is 0. The van der Waals surface area contributed by atoms with E-state index >= 15 is 0 Å². The van der Waals surface area contributed by atoms with E-state index in [1.165, 1.54) is 0 Å². The third-order valence-corrected chi connectivity index (χ3v) is 8.04. The van der Waals surface area contributed by atoms with Gasteiger partial charge >= 0.3 is 0 Å². The number of aliphatic hydroxyl groups is 2. The molecule has 2 N–H and O–H groups in total. The Morgan fingerprint density at radius 3 is 2.63 bits per heavy atom. The Morgan fingerprint density at radius 2 is 1.96 bits per heavy atom. The molecule has 0 amide bonds. The van der Waals surface area contributed by atoms with Crippen molar-refractivity contribution >= 4 is 11.6 Å². The van der Waals surface area contributed by atoms with Gasteiger partial charge < -0.3 is 10.2 Å². The van der Waals surface area contributed by atoms with Crippen LogP contribution in [0.4, 0.5) is 4.39 Å². The Morgan fingerprint density at radius 1 is 1.26 bits per heavy atom. The zero-order valence-corrected chi connectivity index (χ0v) is 16.5. The van der Waals surface area contributed by atoms with E-state index in [1.807, 2.05) is 6.08 Å². The van der Waals surface area contributed by atoms with Crippen molar-refractivity contribution in [2.24, 2.45) is 34.5 Å². The molecular formula is C22H31FO4. The second-order valence-electron chi connectivity index (χ2n) is 9.05. The number of hydrogen-bond acceptors (Lipinski definition) is 4. The molecule has 0 radical (unpaired) electrons. The molecule has 4 nitrogen and oxygen atoms in total. The third kappa shape index (κ3) is 2.94. The number of aliphatic hydroxyl groups excluding tert-OH is 2. The van der Waals surface area contributed by atoms with Crippen LogP contribution in [0.5, 0.6) is 0 Å². The first-order chi connectivity index (χ1) is 12.8. The molecule has 150 valence electrons. The fraction of sp³-hybridized carbons (Fsp3) is 0.727. The minimum atomic E-state index is -0.482. The number of hydrogen-bond donors (Lipinski definition) is 2. The average molecular weight is 378 g/mol. The van der Waals surface area contributed by atoms with Crippen LogP contribution in [0, 0.1) is 34.5 Å². The molecule has 0 heterocycles. The van der Waals surface area contributed by atoms with Crippen molar-refractivity contribution < 1.29 is 24.2 Å². The van der Waals surface area contributed by atoms with E-state index in [4.69, 9.17) is 0 Å². The molecule has 3 saturated carbocycles. The van der Waals surface area contributed by atoms with E-state index in [0.717, 1.165) is 31.3 Å². The maximum atomic E-state index is 12.3. The minimum Gasteiger partial charge on any atom is -0.393 e. The van der Waals surface area contributed by atoms with E-state index in [2.05, 4.69) is 13.8 Å². The van der Waals surface area contributed by atoms with Crippen LogP contribution in [-0.4, -0.2) is 41.7 Å². The minimum absolute atomic E-state index is 0.0514. The van der Waals surface area contributed by atoms with Crippen LogP contribution in [0.15, 0.2) is 23.8 Å². The van der Waals surface area contributed by atoms with Gasteiger partial charge in [0.25, 0.3) is 0 Å². The molecule has 27 heavy (non-hydrogen) atoms. The van der Waals surface area contributed by atoms with Crippen molar-refractivity contribution in [1.82, 2.24) is 0 Å². The lowest BCUT2D eigenvalue weighted by molar-refractivity contribution is -0.141. The Labute approximate surface area is 160 Å². The number of Topliss-reactive ketones (excluding diaryl/α,β-unsaturated/α-hetero) is 1. The van der Waals surface area contributed by atoms with Gasteiger partial charge in [-0.05, 0) is 61.5 Å². The molecule has 3 fully saturated rings. The van der Waals surface area contributed by atoms with E-state index in [9.17, 15) is 24.2 Å². The summed E-state index contributed by atoms with van der Waals surface area (Å²) in [6.45, 7) is 3.92. The fourth-order valence-electron chi connectivity index (χ4n) is 6.96. The van der Waals surface area contributed by atoms with Crippen LogP contribution in [0.2, 0.25) is 0 Å². The van der Waals surface area contributed by atoms with Crippen LogP contribution >= 0.6 is 0 Å². The average Bonchev–Trinajstić information content (AvgIpc) is 2.99. The highest BCUT2D eigenvalue weighted by molar-refractivity contribution is 6.01. The lowest BCUT2D eigenvalue weighted by Gasteiger charge is -2.58. The van der Waals surface area contributed by atoms with Crippen LogP contribution in [-0.2, 0) is 9.59 Å². The number of ketones is 2. The normalized spacial score (nSPS) is 45.0. The van der Waals surface area contributed by atoms with Gasteiger partial charge in [-0.1, -0.05) is 25.5 Å². The highest BCUT2D eigenvalue weighted by Crippen LogP contribution is 2.65. The van der Waals surface area contributed by atoms with E-state index in [0.29, 0.717) is 25.4 Å². The maximum absolute atomic E-state index is 12.3. The van der Waals surface area contributed by atoms with Gasteiger partial charge in [0.05, 0.1) is 13.3 Å². The molecule has 4 rings (SSSR count). The first kappa shape index (κ1) is 20.4. The van der Waals surface area contributed by atoms with Gasteiger partial charge in [-0.15, -0.1) is 0 Å². The van der Waals surface area contributed by atoms with Gasteiger partial charge in [-0.3, -0.25) is 14.0 Å². The molecule has 0 aliphatic heterocycles. The first-order valence-corrected chi connectivity index (χ1v) is 9.95. The summed E-state index contributed by atoms with van der Waals surface area (Å²) < 4.78 is 9.50. The Bertz CT molecular complexity index is 684. The second-order valence-corrected chi connectivity index (χ2v) is 9.05. The van der Waals surface area contributed by atoms with Crippen molar-refractivity contribution in [3.8, 4) is 0 Å². The predicted molar refractivity (Wildman–Crippen MR) is 101 cm³/mol. The molecule has 0 aromatic carbocycles. The smallest absolute Gasteiger partial charge is 0.178 e. The van der Waals surface area contributed by atoms with Gasteiger partial charge in [0.1, 0.15) is 6.61 Å². The largest absolute Gasteiger partial charge is 0.393 e. The standard InChI is InChI=1S/C21H28O4.CH3F/c1-20-8-7-13(23)9-12(20)3-4-14-15-5-6-16(18(25)11-22)21(15,2)10-17(24)19(14)20;1-2/h7-9,14-17,19,22,24H,3-6,10-11H2,1-2H3;1H3/t14-,15?,16+,17-,19?,20-,21-;/m0./s1. The lowest BCUT2D eigenvalue weighted by atomic mass is 9.46. The summed E-state index contributed by atoms with van der Waals surface area (Å²) in [6.07, 6.45) is 9.25. The fourth-order valence-corrected chi connectivity index (χ4v) is 6.96. The van der Waals surface area contributed by atoms with Gasteiger partial charge in [0.2, 0.25) is 0 Å². The van der Waals surface area contributed by atoms with Gasteiger partial charge in [0, 0.05) is 17.3 Å². The predicted octanol–water partition coefficient (Wildman–Crippen LogP) is 3.03. The van der Waals surface area contributed by atoms with Gasteiger partial charge in [-0.2, -0.15) is 0 Å². The van der Waals surface area contributed by atoms with Crippen LogP contribution in [0.25, 0.3) is 0 Å². The van der Waals surface area contributed by atoms with Crippen molar-refractivity contribution in [3.05, 3.63) is 23.8 Å². The highest BCUT2D eigenvalue weighted by atomic mass is 19.1. The number of carbonyl (C=O) groups excluding carboxylic acids is 2. The SMILES string of the molecule is CF.C[C@]12C=CC(=O)C=C1CC[C@@H]1C2[C@@H](O)C[C@@]2(C)C1CC[C@@H]2C(=O)CO. The van der Waals surface area contributed by atoms with E-state index < -0.39 is 12.7 Å². The van der Waals surface area contributed by atoms with Crippen molar-refractivity contribution in [3.63, 3.8) is 0 Å². The Balaban J connectivity index is 0.00000102. The van der Waals surface area contributed by atoms with Crippen molar-refractivity contribution in [2.45, 2.75) is 52.1 Å². The summed E-state index contributed by atoms with van der Waals surface area (Å²) in [4.78, 5) is 24.1. The maximum Gasteiger partial charge on any atom is 0.178 e. The molecule has 7 atom stereocenters. The number of rotatable bonds is 2. The van der Waals surface area contributed by atoms with Crippen molar-refractivity contribution in [1.29, 1.82) is 0 Å². The van der Waals surface area contributed by atoms with E-state index in [1.54, 1.807) is 12.2 Å². The second kappa shape index (κ2) is 7.25. The summed E-state index contributed by atoms with van der Waals surface area (Å²) in [5.41, 5.74) is 0.688. The zero-order valence-electron chi connectivity index (χ0n) is 16.5. The molecule has 0 saturated heterocycles. The number of fused-ring (bicyclic) bond motifs is 5. The summed E-state index contributed by atoms with van der Waals surface area (Å²) in [5, 5.41) is 20.5. The number of carbonyl (C=O) groups is 2. The highest BCUT2D eigenvalue weighted by Gasteiger charge is 2.62. The van der Waals surface area contributed by atoms with Crippen molar-refractivity contribution in [2.75, 3.05) is 13.8 Å². The zero-order chi connectivity index (χ0) is 20.0. The molecule has 0 aromatic heterocycles. The number of allylic oxidation sites excluding steroid dienone is 4. The third-order valence-electron chi connectivity index (χ3n) is 8.04. The summed E-state index contributed by atoms with van der Waals surface area (Å²) in [6, 6.07) is 0. The summed E-state index contributed by atoms with van der Waals surface area (Å²) in [7, 11) is 0.500. The molecule has 0 spiro atoms. The lowest BCUT2D eigenvalue weighted by Crippen LogP contribution is -2.56. The first-order valence-electron chi connectivity index (χ1n) is 9.95. The molecule has 4 aliphatic rings. The van der Waals surface area contributed by atoms with Gasteiger partial charge in [0.15, 0.2) is 11.6 Å². The van der Waals surface area contributed by atoms with Gasteiger partial charge in [-0.25, -0.2) is 0 Å². The molecule has 2 unspecified atom stereocenters. The molecule has 5 heteroatoms. The van der Waals surface area contributed by atoms with Crippen LogP contribution in [0.3, 0.4) is 0 Å². The van der Waals surface area contributed by atoms with Crippen LogP contribution in [0.1, 0.15) is 46.0 Å². The molecular weight excluding hydrogens is 347 g/mol. The Kier molecular flexibility index (Phi) is 5.48. The summed E-state index contributed by atoms with van der Waals surface area (Å²) in [5.74, 6) is 0.734. The number of halogens is 1. The van der Waals surface area contributed by atoms with E-state index in [-0.39, 0.29) is 34.2 Å². The molecule has 0 bridgehead atoms. The topological polar surface area (TPSA) is 74.6 Å². The molecule has 4 aliphatic carbocycles. The Hall–Kier alpha value is -1.33. The molecule has 0 aromatic rings. The monoisotopic (exact) mass is 378 g/mol.